The number of carbonyl (C=O) groups excluding carboxylic acids is 3. The maximum Gasteiger partial charge on any atom is 0.348 e. The quantitative estimate of drug-likeness (QED) is 0.548. The summed E-state index contributed by atoms with van der Waals surface area (Å²) in [5.74, 6) is -0.738. The van der Waals surface area contributed by atoms with Gasteiger partial charge in [-0.25, -0.2) is 9.59 Å². The number of hydrogen-bond donors (Lipinski definition) is 1. The zero-order valence-electron chi connectivity index (χ0n) is 15.4. The maximum absolute atomic E-state index is 12.2. The first-order chi connectivity index (χ1) is 13.0. The van der Waals surface area contributed by atoms with Crippen molar-refractivity contribution in [2.24, 2.45) is 0 Å². The first-order valence-electron chi connectivity index (χ1n) is 8.25. The van der Waals surface area contributed by atoms with Crippen molar-refractivity contribution >= 4 is 34.2 Å². The molecular formula is C19H21NO6S. The van der Waals surface area contributed by atoms with Gasteiger partial charge in [0.05, 0.1) is 26.4 Å². The average Bonchev–Trinajstić information content (AvgIpc) is 3.00. The van der Waals surface area contributed by atoms with Crippen LogP contribution in [0.4, 0.5) is 5.00 Å². The number of anilines is 1. The molecule has 1 heterocycles. The zero-order valence-corrected chi connectivity index (χ0v) is 16.2. The van der Waals surface area contributed by atoms with E-state index in [1.54, 1.807) is 6.92 Å². The van der Waals surface area contributed by atoms with Crippen LogP contribution in [0.1, 0.15) is 38.4 Å². The van der Waals surface area contributed by atoms with Gasteiger partial charge in [0.1, 0.15) is 15.6 Å². The molecule has 0 spiro atoms. The van der Waals surface area contributed by atoms with E-state index in [0.717, 1.165) is 17.1 Å². The van der Waals surface area contributed by atoms with Gasteiger partial charge in [-0.05, 0) is 31.0 Å². The van der Waals surface area contributed by atoms with Crippen LogP contribution in [0.3, 0.4) is 0 Å². The van der Waals surface area contributed by atoms with Crippen molar-refractivity contribution in [3.8, 4) is 5.75 Å². The van der Waals surface area contributed by atoms with Crippen LogP contribution in [0.2, 0.25) is 0 Å². The number of para-hydroxylation sites is 1. The Morgan fingerprint density at radius 3 is 2.33 bits per heavy atom. The molecule has 0 aliphatic rings. The molecule has 0 saturated carbocycles. The first-order valence-corrected chi connectivity index (χ1v) is 9.07. The number of benzene rings is 1. The number of hydrogen-bond acceptors (Lipinski definition) is 7. The maximum atomic E-state index is 12.2. The summed E-state index contributed by atoms with van der Waals surface area (Å²) >= 11 is 0.988. The second-order valence-corrected chi connectivity index (χ2v) is 6.58. The topological polar surface area (TPSA) is 90.9 Å². The standard InChI is InChI=1S/C19H21NO6S/c1-12-15(18(22)24-2)17(27-16(12)19(23)25-3)20-14(21)10-7-11-26-13-8-5-4-6-9-13/h4-6,8-9H,7,10-11H2,1-3H3,(H,20,21). The molecule has 0 saturated heterocycles. The Morgan fingerprint density at radius 1 is 1.04 bits per heavy atom. The van der Waals surface area contributed by atoms with Crippen LogP contribution in [0.5, 0.6) is 5.75 Å². The van der Waals surface area contributed by atoms with Crippen molar-refractivity contribution in [3.05, 3.63) is 46.3 Å². The number of ether oxygens (including phenoxy) is 3. The third kappa shape index (κ3) is 5.30. The van der Waals surface area contributed by atoms with E-state index in [-0.39, 0.29) is 27.8 Å². The van der Waals surface area contributed by atoms with E-state index in [2.05, 4.69) is 5.32 Å². The van der Waals surface area contributed by atoms with Crippen LogP contribution in [0, 0.1) is 6.92 Å². The van der Waals surface area contributed by atoms with Gasteiger partial charge >= 0.3 is 11.9 Å². The summed E-state index contributed by atoms with van der Waals surface area (Å²) in [6, 6.07) is 9.31. The highest BCUT2D eigenvalue weighted by Gasteiger charge is 2.26. The Kier molecular flexibility index (Phi) is 7.36. The van der Waals surface area contributed by atoms with Gasteiger partial charge in [0.15, 0.2) is 0 Å². The lowest BCUT2D eigenvalue weighted by atomic mass is 10.1. The van der Waals surface area contributed by atoms with Crippen molar-refractivity contribution in [3.63, 3.8) is 0 Å². The monoisotopic (exact) mass is 391 g/mol. The number of methoxy groups -OCH3 is 2. The minimum Gasteiger partial charge on any atom is -0.494 e. The van der Waals surface area contributed by atoms with Crippen molar-refractivity contribution in [2.75, 3.05) is 26.1 Å². The van der Waals surface area contributed by atoms with E-state index < -0.39 is 11.9 Å². The summed E-state index contributed by atoms with van der Waals surface area (Å²) in [4.78, 5) is 36.4. The van der Waals surface area contributed by atoms with E-state index in [9.17, 15) is 14.4 Å². The average molecular weight is 391 g/mol. The van der Waals surface area contributed by atoms with Crippen LogP contribution in [0.15, 0.2) is 30.3 Å². The van der Waals surface area contributed by atoms with E-state index in [1.165, 1.54) is 14.2 Å². The van der Waals surface area contributed by atoms with E-state index in [4.69, 9.17) is 14.2 Å². The molecule has 0 radical (unpaired) electrons. The highest BCUT2D eigenvalue weighted by molar-refractivity contribution is 7.18. The minimum atomic E-state index is -0.624. The second-order valence-electron chi connectivity index (χ2n) is 5.56. The molecule has 8 heteroatoms. The molecule has 0 atom stereocenters. The summed E-state index contributed by atoms with van der Waals surface area (Å²) in [7, 11) is 2.49. The molecule has 27 heavy (non-hydrogen) atoms. The molecular weight excluding hydrogens is 370 g/mol. The molecule has 0 bridgehead atoms. The predicted molar refractivity (Wildman–Crippen MR) is 102 cm³/mol. The Labute approximate surface area is 161 Å². The molecule has 2 aromatic rings. The Morgan fingerprint density at radius 2 is 1.70 bits per heavy atom. The fraction of sp³-hybridized carbons (Fsp3) is 0.316. The molecule has 0 aliphatic carbocycles. The largest absolute Gasteiger partial charge is 0.494 e. The second kappa shape index (κ2) is 9.72. The van der Waals surface area contributed by atoms with Gasteiger partial charge in [-0.3, -0.25) is 4.79 Å². The lowest BCUT2D eigenvalue weighted by Gasteiger charge is -2.07. The molecule has 1 N–H and O–H groups in total. The van der Waals surface area contributed by atoms with E-state index in [0.29, 0.717) is 18.6 Å². The van der Waals surface area contributed by atoms with Gasteiger partial charge in [0.25, 0.3) is 0 Å². The Hall–Kier alpha value is -2.87. The van der Waals surface area contributed by atoms with Gasteiger partial charge in [-0.2, -0.15) is 0 Å². The number of carbonyl (C=O) groups is 3. The lowest BCUT2D eigenvalue weighted by molar-refractivity contribution is -0.116. The summed E-state index contributed by atoms with van der Waals surface area (Å²) in [6.45, 7) is 2.00. The predicted octanol–water partition coefficient (Wildman–Crippen LogP) is 3.43. The van der Waals surface area contributed by atoms with Gasteiger partial charge in [-0.15, -0.1) is 11.3 Å². The molecule has 1 aromatic heterocycles. The fourth-order valence-electron chi connectivity index (χ4n) is 2.37. The third-order valence-corrected chi connectivity index (χ3v) is 4.91. The minimum absolute atomic E-state index is 0.164. The van der Waals surface area contributed by atoms with E-state index in [1.807, 2.05) is 30.3 Å². The van der Waals surface area contributed by atoms with Crippen molar-refractivity contribution < 1.29 is 28.6 Å². The van der Waals surface area contributed by atoms with Gasteiger partial charge in [0.2, 0.25) is 5.91 Å². The van der Waals surface area contributed by atoms with Crippen LogP contribution >= 0.6 is 11.3 Å². The van der Waals surface area contributed by atoms with Gasteiger partial charge < -0.3 is 19.5 Å². The summed E-state index contributed by atoms with van der Waals surface area (Å²) in [5.41, 5.74) is 0.582. The number of nitrogens with one attached hydrogen (secondary N) is 1. The summed E-state index contributed by atoms with van der Waals surface area (Å²) in [5, 5.41) is 2.95. The SMILES string of the molecule is COC(=O)c1sc(NC(=O)CCCOc2ccccc2)c(C(=O)OC)c1C. The number of esters is 2. The molecule has 144 valence electrons. The summed E-state index contributed by atoms with van der Waals surface area (Å²) < 4.78 is 15.0. The third-order valence-electron chi connectivity index (χ3n) is 3.72. The molecule has 7 nitrogen and oxygen atoms in total. The molecule has 1 amide bonds. The van der Waals surface area contributed by atoms with E-state index >= 15 is 0 Å². The van der Waals surface area contributed by atoms with Gasteiger partial charge in [0, 0.05) is 6.42 Å². The van der Waals surface area contributed by atoms with Crippen molar-refractivity contribution in [1.29, 1.82) is 0 Å². The molecule has 0 aliphatic heterocycles. The van der Waals surface area contributed by atoms with Crippen LogP contribution < -0.4 is 10.1 Å². The molecule has 0 fully saturated rings. The summed E-state index contributed by atoms with van der Waals surface area (Å²) in [6.07, 6.45) is 0.709. The number of amides is 1. The van der Waals surface area contributed by atoms with Crippen molar-refractivity contribution in [2.45, 2.75) is 19.8 Å². The zero-order chi connectivity index (χ0) is 19.8. The normalized spacial score (nSPS) is 10.2. The Bertz CT molecular complexity index is 815. The van der Waals surface area contributed by atoms with Crippen molar-refractivity contribution in [1.82, 2.24) is 0 Å². The highest BCUT2D eigenvalue weighted by atomic mass is 32.1. The number of rotatable bonds is 8. The lowest BCUT2D eigenvalue weighted by Crippen LogP contribution is -2.15. The van der Waals surface area contributed by atoms with Gasteiger partial charge in [-0.1, -0.05) is 18.2 Å². The smallest absolute Gasteiger partial charge is 0.348 e. The van der Waals surface area contributed by atoms with Crippen LogP contribution in [0.25, 0.3) is 0 Å². The molecule has 2 rings (SSSR count). The van der Waals surface area contributed by atoms with Crippen LogP contribution in [-0.4, -0.2) is 38.7 Å². The molecule has 0 unspecified atom stereocenters. The Balaban J connectivity index is 1.99. The fourth-order valence-corrected chi connectivity index (χ4v) is 3.49. The number of thiophene rings is 1. The molecule has 1 aromatic carbocycles. The van der Waals surface area contributed by atoms with Crippen LogP contribution in [-0.2, 0) is 14.3 Å². The first kappa shape index (κ1) is 20.4. The highest BCUT2D eigenvalue weighted by Crippen LogP contribution is 2.34.